The van der Waals surface area contributed by atoms with E-state index in [2.05, 4.69) is 0 Å². The molecule has 2 aliphatic rings. The predicted octanol–water partition coefficient (Wildman–Crippen LogP) is 3.06. The number of aliphatic hydroxyl groups is 2. The van der Waals surface area contributed by atoms with E-state index in [1.807, 2.05) is 0 Å². The summed E-state index contributed by atoms with van der Waals surface area (Å²) in [6.45, 7) is -0.790. The van der Waals surface area contributed by atoms with Gasteiger partial charge in [-0.15, -0.1) is 0 Å². The van der Waals surface area contributed by atoms with Crippen molar-refractivity contribution >= 4 is 21.4 Å². The summed E-state index contributed by atoms with van der Waals surface area (Å²) >= 11 is 5.88. The lowest BCUT2D eigenvalue weighted by atomic mass is 9.66. The molecule has 0 spiro atoms. The highest BCUT2D eigenvalue weighted by Gasteiger charge is 2.62. The van der Waals surface area contributed by atoms with Crippen LogP contribution in [0.15, 0.2) is 41.3 Å². The van der Waals surface area contributed by atoms with E-state index in [1.165, 1.54) is 24.3 Å². The van der Waals surface area contributed by atoms with E-state index < -0.39 is 56.5 Å². The summed E-state index contributed by atoms with van der Waals surface area (Å²) in [5, 5.41) is 20.6. The first-order valence-corrected chi connectivity index (χ1v) is 11.0. The Hall–Kier alpha value is -1.74. The second kappa shape index (κ2) is 7.19. The molecule has 1 saturated carbocycles. The quantitative estimate of drug-likeness (QED) is 0.760. The van der Waals surface area contributed by atoms with Crippen LogP contribution in [0.3, 0.4) is 0 Å². The van der Waals surface area contributed by atoms with Gasteiger partial charge in [0.25, 0.3) is 0 Å². The largest absolute Gasteiger partial charge is 0.490 e. The van der Waals surface area contributed by atoms with Crippen molar-refractivity contribution in [2.75, 3.05) is 13.2 Å². The topological polar surface area (TPSA) is 83.8 Å². The zero-order chi connectivity index (χ0) is 21.0. The van der Waals surface area contributed by atoms with Crippen LogP contribution in [0.25, 0.3) is 0 Å². The summed E-state index contributed by atoms with van der Waals surface area (Å²) in [6, 6.07) is 7.20. The summed E-state index contributed by atoms with van der Waals surface area (Å²) in [5.41, 5.74) is -0.381. The average Bonchev–Trinajstić information content (AvgIpc) is 2.70. The first kappa shape index (κ1) is 20.5. The van der Waals surface area contributed by atoms with Gasteiger partial charge >= 0.3 is 0 Å². The van der Waals surface area contributed by atoms with Crippen LogP contribution in [0.1, 0.15) is 18.4 Å². The van der Waals surface area contributed by atoms with Gasteiger partial charge in [-0.2, -0.15) is 0 Å². The van der Waals surface area contributed by atoms with Crippen LogP contribution in [0.5, 0.6) is 5.75 Å². The lowest BCUT2D eigenvalue weighted by molar-refractivity contribution is -0.0435. The lowest BCUT2D eigenvalue weighted by Crippen LogP contribution is -2.58. The lowest BCUT2D eigenvalue weighted by Gasteiger charge is -2.51. The maximum absolute atomic E-state index is 15.0. The Kier molecular flexibility index (Phi) is 5.09. The van der Waals surface area contributed by atoms with Gasteiger partial charge in [0.15, 0.2) is 21.4 Å². The molecule has 156 valence electrons. The number of hydrogen-bond donors (Lipinski definition) is 2. The highest BCUT2D eigenvalue weighted by Crippen LogP contribution is 2.57. The molecular weight excluding hydrogens is 426 g/mol. The molecule has 0 aromatic heterocycles. The highest BCUT2D eigenvalue weighted by atomic mass is 35.5. The van der Waals surface area contributed by atoms with Gasteiger partial charge in [-0.05, 0) is 49.2 Å². The van der Waals surface area contributed by atoms with E-state index in [1.54, 1.807) is 0 Å². The molecule has 2 aromatic rings. The summed E-state index contributed by atoms with van der Waals surface area (Å²) < 4.78 is 60.9. The fourth-order valence-electron chi connectivity index (χ4n) is 4.73. The second-order valence-electron chi connectivity index (χ2n) is 7.45. The molecule has 4 rings (SSSR count). The molecule has 0 amide bonds. The number of hydrogen-bond acceptors (Lipinski definition) is 5. The van der Waals surface area contributed by atoms with Crippen LogP contribution < -0.4 is 4.74 Å². The minimum atomic E-state index is -4.29. The van der Waals surface area contributed by atoms with E-state index >= 15 is 4.39 Å². The van der Waals surface area contributed by atoms with Crippen LogP contribution >= 0.6 is 11.6 Å². The molecule has 9 heteroatoms. The molecule has 0 bridgehead atoms. The van der Waals surface area contributed by atoms with Crippen LogP contribution in [-0.4, -0.2) is 37.9 Å². The van der Waals surface area contributed by atoms with Gasteiger partial charge in [-0.1, -0.05) is 11.6 Å². The molecule has 2 N–H and O–H groups in total. The maximum atomic E-state index is 15.0. The minimum Gasteiger partial charge on any atom is -0.490 e. The highest BCUT2D eigenvalue weighted by molar-refractivity contribution is 7.92. The number of halogens is 3. The Labute approximate surface area is 171 Å². The molecule has 0 saturated heterocycles. The molecule has 1 aliphatic carbocycles. The van der Waals surface area contributed by atoms with E-state index in [4.69, 9.17) is 16.3 Å². The summed E-state index contributed by atoms with van der Waals surface area (Å²) in [5.74, 6) is -4.05. The Bertz CT molecular complexity index is 1040. The van der Waals surface area contributed by atoms with Gasteiger partial charge in [0.1, 0.15) is 10.6 Å². The van der Waals surface area contributed by atoms with Gasteiger partial charge in [0.05, 0.1) is 23.2 Å². The number of aliphatic hydroxyl groups excluding tert-OH is 2. The fraction of sp³-hybridized carbons (Fsp3) is 0.400. The number of benzene rings is 2. The molecule has 29 heavy (non-hydrogen) atoms. The average molecular weight is 445 g/mol. The van der Waals surface area contributed by atoms with Gasteiger partial charge in [-0.3, -0.25) is 0 Å². The molecular formula is C20H19ClF2O5S. The zero-order valence-corrected chi connectivity index (χ0v) is 16.8. The number of ether oxygens (including phenoxy) is 1. The molecule has 2 aromatic carbocycles. The number of rotatable bonds is 3. The van der Waals surface area contributed by atoms with E-state index in [0.29, 0.717) is 5.02 Å². The summed E-state index contributed by atoms with van der Waals surface area (Å²) in [4.78, 5) is -0.100. The Morgan fingerprint density at radius 2 is 1.79 bits per heavy atom. The third-order valence-corrected chi connectivity index (χ3v) is 8.94. The standard InChI is InChI=1S/C20H19ClF2O5S/c21-11-1-3-12(4-2-11)29(26,27)20-8-7-17(25)13(9-24)14(20)10-28-19-16(23)6-5-15(22)18(19)20/h1-6,13-14,17,24-25H,7-10H2/t13-,14-,17-,20-/m0/s1. The summed E-state index contributed by atoms with van der Waals surface area (Å²) in [7, 11) is -4.29. The monoisotopic (exact) mass is 444 g/mol. The molecule has 4 atom stereocenters. The SMILES string of the molecule is O=S(=O)(c1ccc(Cl)cc1)[C@@]12CC[C@H](O)[C@@H](CO)[C@@H]1COc1c(F)ccc(F)c12. The van der Waals surface area contributed by atoms with Crippen LogP contribution in [0.2, 0.25) is 5.02 Å². The molecule has 1 fully saturated rings. The van der Waals surface area contributed by atoms with Crippen molar-refractivity contribution < 1.29 is 32.1 Å². The Morgan fingerprint density at radius 1 is 1.14 bits per heavy atom. The van der Waals surface area contributed by atoms with Crippen molar-refractivity contribution in [2.45, 2.75) is 28.6 Å². The molecule has 0 unspecified atom stereocenters. The second-order valence-corrected chi connectivity index (χ2v) is 10.1. The molecule has 1 heterocycles. The number of sulfone groups is 1. The zero-order valence-electron chi connectivity index (χ0n) is 15.2. The normalized spacial score (nSPS) is 28.9. The van der Waals surface area contributed by atoms with Crippen LogP contribution in [0.4, 0.5) is 8.78 Å². The van der Waals surface area contributed by atoms with Gasteiger partial charge in [-0.25, -0.2) is 17.2 Å². The van der Waals surface area contributed by atoms with Gasteiger partial charge < -0.3 is 14.9 Å². The third kappa shape index (κ3) is 2.88. The fourth-order valence-corrected chi connectivity index (χ4v) is 7.25. The third-order valence-electron chi connectivity index (χ3n) is 6.13. The van der Waals surface area contributed by atoms with Gasteiger partial charge in [0.2, 0.25) is 0 Å². The Morgan fingerprint density at radius 3 is 2.45 bits per heavy atom. The number of fused-ring (bicyclic) bond motifs is 3. The Balaban J connectivity index is 2.04. The maximum Gasteiger partial charge on any atom is 0.188 e. The van der Waals surface area contributed by atoms with Crippen LogP contribution in [-0.2, 0) is 14.6 Å². The summed E-state index contributed by atoms with van der Waals surface area (Å²) in [6.07, 6.45) is -1.12. The van der Waals surface area contributed by atoms with Crippen molar-refractivity contribution in [3.8, 4) is 5.75 Å². The van der Waals surface area contributed by atoms with Crippen molar-refractivity contribution in [1.82, 2.24) is 0 Å². The van der Waals surface area contributed by atoms with Crippen molar-refractivity contribution in [1.29, 1.82) is 0 Å². The van der Waals surface area contributed by atoms with E-state index in [-0.39, 0.29) is 29.9 Å². The first-order valence-electron chi connectivity index (χ1n) is 9.14. The van der Waals surface area contributed by atoms with E-state index in [0.717, 1.165) is 12.1 Å². The molecule has 0 radical (unpaired) electrons. The predicted molar refractivity (Wildman–Crippen MR) is 101 cm³/mol. The smallest absolute Gasteiger partial charge is 0.188 e. The van der Waals surface area contributed by atoms with Crippen molar-refractivity contribution in [3.05, 3.63) is 58.6 Å². The van der Waals surface area contributed by atoms with E-state index in [9.17, 15) is 23.0 Å². The van der Waals surface area contributed by atoms with Gasteiger partial charge in [0, 0.05) is 23.5 Å². The van der Waals surface area contributed by atoms with Crippen LogP contribution in [0, 0.1) is 23.5 Å². The molecule has 1 aliphatic heterocycles. The van der Waals surface area contributed by atoms with Crippen molar-refractivity contribution in [3.63, 3.8) is 0 Å². The first-order chi connectivity index (χ1) is 13.7. The minimum absolute atomic E-state index is 0.00391. The van der Waals surface area contributed by atoms with Crippen molar-refractivity contribution in [2.24, 2.45) is 11.8 Å². The molecule has 5 nitrogen and oxygen atoms in total.